The van der Waals surface area contributed by atoms with E-state index in [1.165, 1.54) is 0 Å². The van der Waals surface area contributed by atoms with E-state index in [2.05, 4.69) is 14.9 Å². The number of aromatic nitrogens is 6. The maximum absolute atomic E-state index is 12.7. The first-order valence-corrected chi connectivity index (χ1v) is 13.9. The number of benzene rings is 1. The Bertz CT molecular complexity index is 1810. The normalized spacial score (nSPS) is 15.6. The van der Waals surface area contributed by atoms with Crippen molar-refractivity contribution in [2.24, 2.45) is 13.0 Å². The average molecular weight is 565 g/mol. The first kappa shape index (κ1) is 27.2. The van der Waals surface area contributed by atoms with E-state index in [0.29, 0.717) is 42.7 Å². The SMILES string of the molecule is [C-]#[N+]c1ccc(-c2nc(OC[C@@H]3CCCN(C(=O)OC(C)(C)C)C3)n3ccnc3c2-c2cnc3c(cnn3C)c2)cc1. The molecule has 1 fully saturated rings. The largest absolute Gasteiger partial charge is 0.464 e. The molecule has 11 nitrogen and oxygen atoms in total. The van der Waals surface area contributed by atoms with Crippen LogP contribution in [-0.4, -0.2) is 65.4 Å². The van der Waals surface area contributed by atoms with Gasteiger partial charge in [0, 0.05) is 55.6 Å². The second-order valence-corrected chi connectivity index (χ2v) is 11.5. The molecule has 1 saturated heterocycles. The topological polar surface area (TPSA) is 104 Å². The second kappa shape index (κ2) is 10.8. The number of rotatable bonds is 5. The van der Waals surface area contributed by atoms with Gasteiger partial charge in [0.25, 0.3) is 0 Å². The van der Waals surface area contributed by atoms with Gasteiger partial charge in [0.15, 0.2) is 17.0 Å². The van der Waals surface area contributed by atoms with Crippen LogP contribution in [0.15, 0.2) is 55.1 Å². The van der Waals surface area contributed by atoms with E-state index in [9.17, 15) is 4.79 Å². The zero-order valence-electron chi connectivity index (χ0n) is 24.1. The number of hydrogen-bond donors (Lipinski definition) is 0. The van der Waals surface area contributed by atoms with Crippen LogP contribution in [0.2, 0.25) is 0 Å². The molecule has 5 aromatic rings. The lowest BCUT2D eigenvalue weighted by Crippen LogP contribution is -2.44. The number of carbonyl (C=O) groups excluding carboxylic acids is 1. The smallest absolute Gasteiger partial charge is 0.410 e. The van der Waals surface area contributed by atoms with Crippen molar-refractivity contribution in [3.63, 3.8) is 0 Å². The fraction of sp³-hybridized carbons (Fsp3) is 0.355. The number of pyridine rings is 1. The number of ether oxygens (including phenoxy) is 2. The minimum absolute atomic E-state index is 0.130. The van der Waals surface area contributed by atoms with Crippen LogP contribution in [0.4, 0.5) is 10.5 Å². The van der Waals surface area contributed by atoms with Gasteiger partial charge in [0.2, 0.25) is 0 Å². The lowest BCUT2D eigenvalue weighted by atomic mass is 9.99. The highest BCUT2D eigenvalue weighted by Crippen LogP contribution is 2.37. The molecule has 11 heteroatoms. The van der Waals surface area contributed by atoms with Gasteiger partial charge in [0.1, 0.15) is 5.60 Å². The van der Waals surface area contributed by atoms with Crippen molar-refractivity contribution < 1.29 is 14.3 Å². The van der Waals surface area contributed by atoms with Crippen LogP contribution in [0.5, 0.6) is 6.01 Å². The highest BCUT2D eigenvalue weighted by Gasteiger charge is 2.29. The molecule has 0 unspecified atom stereocenters. The molecule has 5 heterocycles. The number of amides is 1. The Hall–Kier alpha value is -4.98. The summed E-state index contributed by atoms with van der Waals surface area (Å²) in [4.78, 5) is 32.4. The summed E-state index contributed by atoms with van der Waals surface area (Å²) in [6, 6.07) is 9.77. The van der Waals surface area contributed by atoms with Crippen LogP contribution >= 0.6 is 0 Å². The first-order valence-electron chi connectivity index (χ1n) is 13.9. The van der Waals surface area contributed by atoms with Crippen molar-refractivity contribution in [1.29, 1.82) is 0 Å². The Kier molecular flexibility index (Phi) is 6.98. The van der Waals surface area contributed by atoms with Gasteiger partial charge < -0.3 is 14.4 Å². The zero-order chi connectivity index (χ0) is 29.4. The van der Waals surface area contributed by atoms with Crippen LogP contribution in [0, 0.1) is 12.5 Å². The number of piperidine rings is 1. The molecule has 0 spiro atoms. The lowest BCUT2D eigenvalue weighted by molar-refractivity contribution is 0.0136. The summed E-state index contributed by atoms with van der Waals surface area (Å²) in [7, 11) is 1.86. The molecular weight excluding hydrogens is 532 g/mol. The summed E-state index contributed by atoms with van der Waals surface area (Å²) in [5.41, 5.74) is 4.60. The predicted molar refractivity (Wildman–Crippen MR) is 158 cm³/mol. The first-order chi connectivity index (χ1) is 20.2. The molecule has 1 aromatic carbocycles. The Labute approximate surface area is 243 Å². The highest BCUT2D eigenvalue weighted by atomic mass is 16.6. The molecule has 0 radical (unpaired) electrons. The van der Waals surface area contributed by atoms with E-state index in [1.807, 2.05) is 56.6 Å². The van der Waals surface area contributed by atoms with E-state index in [-0.39, 0.29) is 12.0 Å². The minimum Gasteiger partial charge on any atom is -0.464 e. The number of nitrogens with zero attached hydrogens (tertiary/aromatic N) is 8. The number of aryl methyl sites for hydroxylation is 1. The maximum atomic E-state index is 12.7. The summed E-state index contributed by atoms with van der Waals surface area (Å²) in [6.45, 7) is 14.6. The van der Waals surface area contributed by atoms with Crippen LogP contribution < -0.4 is 4.74 Å². The third-order valence-electron chi connectivity index (χ3n) is 7.26. The highest BCUT2D eigenvalue weighted by molar-refractivity contribution is 5.93. The molecule has 214 valence electrons. The van der Waals surface area contributed by atoms with Crippen molar-refractivity contribution in [2.75, 3.05) is 19.7 Å². The Balaban J connectivity index is 1.36. The number of hydrogen-bond acceptors (Lipinski definition) is 7. The molecule has 0 N–H and O–H groups in total. The lowest BCUT2D eigenvalue weighted by Gasteiger charge is -2.34. The van der Waals surface area contributed by atoms with Crippen LogP contribution in [0.25, 0.3) is 43.9 Å². The van der Waals surface area contributed by atoms with E-state index < -0.39 is 5.60 Å². The summed E-state index contributed by atoms with van der Waals surface area (Å²) in [6.07, 6.45) is 8.66. The van der Waals surface area contributed by atoms with E-state index >= 15 is 0 Å². The van der Waals surface area contributed by atoms with E-state index in [1.54, 1.807) is 40.3 Å². The summed E-state index contributed by atoms with van der Waals surface area (Å²) in [5.74, 6) is 0.130. The quantitative estimate of drug-likeness (QED) is 0.244. The Morgan fingerprint density at radius 2 is 1.93 bits per heavy atom. The van der Waals surface area contributed by atoms with Crippen molar-refractivity contribution in [2.45, 2.75) is 39.2 Å². The predicted octanol–water partition coefficient (Wildman–Crippen LogP) is 5.92. The van der Waals surface area contributed by atoms with Crippen LogP contribution in [0.1, 0.15) is 33.6 Å². The Morgan fingerprint density at radius 3 is 2.69 bits per heavy atom. The van der Waals surface area contributed by atoms with Gasteiger partial charge in [-0.2, -0.15) is 10.1 Å². The zero-order valence-corrected chi connectivity index (χ0v) is 24.1. The molecule has 0 bridgehead atoms. The second-order valence-electron chi connectivity index (χ2n) is 11.5. The summed E-state index contributed by atoms with van der Waals surface area (Å²) >= 11 is 0. The molecule has 1 aliphatic heterocycles. The molecule has 4 aromatic heterocycles. The van der Waals surface area contributed by atoms with Gasteiger partial charge in [-0.05, 0) is 45.2 Å². The van der Waals surface area contributed by atoms with Gasteiger partial charge in [-0.15, -0.1) is 0 Å². The molecular formula is C31H32N8O3. The molecule has 42 heavy (non-hydrogen) atoms. The molecule has 0 aliphatic carbocycles. The van der Waals surface area contributed by atoms with Gasteiger partial charge in [-0.25, -0.2) is 19.6 Å². The van der Waals surface area contributed by atoms with Gasteiger partial charge in [-0.1, -0.05) is 24.3 Å². The van der Waals surface area contributed by atoms with Crippen molar-refractivity contribution in [3.8, 4) is 28.4 Å². The Morgan fingerprint density at radius 1 is 1.12 bits per heavy atom. The van der Waals surface area contributed by atoms with Gasteiger partial charge in [0.05, 0.1) is 30.6 Å². The third-order valence-corrected chi connectivity index (χ3v) is 7.26. The van der Waals surface area contributed by atoms with Crippen LogP contribution in [-0.2, 0) is 11.8 Å². The van der Waals surface area contributed by atoms with Gasteiger partial charge in [-0.3, -0.25) is 9.08 Å². The maximum Gasteiger partial charge on any atom is 0.410 e. The minimum atomic E-state index is -0.542. The third kappa shape index (κ3) is 5.35. The summed E-state index contributed by atoms with van der Waals surface area (Å²) < 4.78 is 15.5. The number of imidazole rings is 1. The van der Waals surface area contributed by atoms with Crippen molar-refractivity contribution >= 4 is 28.5 Å². The fourth-order valence-electron chi connectivity index (χ4n) is 5.29. The average Bonchev–Trinajstić information content (AvgIpc) is 3.62. The van der Waals surface area contributed by atoms with Gasteiger partial charge >= 0.3 is 12.1 Å². The molecule has 6 rings (SSSR count). The standard InChI is InChI=1S/C31H32N8O3/c1-31(2,3)42-30(40)38-13-6-7-20(18-38)19-41-29-36-26(21-8-10-24(32-4)11-9-21)25(28-33-12-14-39(28)29)22-15-23-17-35-37(5)27(23)34-16-22/h8-12,14-17,20H,6-7,13,18-19H2,1-3,5H3/t20-/m1/s1. The van der Waals surface area contributed by atoms with E-state index in [4.69, 9.17) is 26.0 Å². The number of carbonyl (C=O) groups is 1. The number of fused-ring (bicyclic) bond motifs is 2. The fourth-order valence-corrected chi connectivity index (χ4v) is 5.29. The monoisotopic (exact) mass is 564 g/mol. The molecule has 0 saturated carbocycles. The summed E-state index contributed by atoms with van der Waals surface area (Å²) in [5, 5.41) is 5.24. The molecule has 1 aliphatic rings. The molecule has 1 amide bonds. The van der Waals surface area contributed by atoms with E-state index in [0.717, 1.165) is 40.6 Å². The number of likely N-dealkylation sites (tertiary alicyclic amines) is 1. The van der Waals surface area contributed by atoms with Crippen molar-refractivity contribution in [1.82, 2.24) is 34.0 Å². The molecule has 1 atom stereocenters. The van der Waals surface area contributed by atoms with Crippen molar-refractivity contribution in [3.05, 3.63) is 66.5 Å². The van der Waals surface area contributed by atoms with Crippen LogP contribution in [0.3, 0.4) is 0 Å².